The lowest BCUT2D eigenvalue weighted by Crippen LogP contribution is -2.19. The molecule has 0 atom stereocenters. The van der Waals surface area contributed by atoms with Gasteiger partial charge in [-0.15, -0.1) is 0 Å². The van der Waals surface area contributed by atoms with Crippen LogP contribution in [0.4, 0.5) is 0 Å². The molecule has 0 aromatic heterocycles. The van der Waals surface area contributed by atoms with Crippen molar-refractivity contribution >= 4 is 20.9 Å². The van der Waals surface area contributed by atoms with Gasteiger partial charge in [-0.2, -0.15) is 0 Å². The number of nitrogens with one attached hydrogen (secondary N) is 1. The highest BCUT2D eigenvalue weighted by atomic mass is 32.2. The number of nitrogens with zero attached hydrogens (tertiary/aromatic N) is 1. The zero-order chi connectivity index (χ0) is 10.1. The van der Waals surface area contributed by atoms with Gasteiger partial charge < -0.3 is 10.4 Å². The molecule has 0 fully saturated rings. The van der Waals surface area contributed by atoms with Crippen molar-refractivity contribution in [1.29, 1.82) is 0 Å². The molecule has 0 unspecified atom stereocenters. The number of aliphatic imine (C=N–C) groups is 1. The van der Waals surface area contributed by atoms with Gasteiger partial charge in [0.2, 0.25) is 14.9 Å². The van der Waals surface area contributed by atoms with Crippen LogP contribution in [0.3, 0.4) is 0 Å². The fourth-order valence-electron chi connectivity index (χ4n) is 0.887. The Labute approximate surface area is 74.9 Å². The fourth-order valence-corrected chi connectivity index (χ4v) is 1.98. The molecule has 1 heterocycles. The lowest BCUT2D eigenvalue weighted by molar-refractivity contribution is -0.129. The molecular weight excluding hydrogens is 196 g/mol. The molecule has 0 amide bonds. The van der Waals surface area contributed by atoms with Crippen LogP contribution in [0.25, 0.3) is 0 Å². The van der Waals surface area contributed by atoms with Crippen molar-refractivity contribution in [2.24, 2.45) is 4.99 Å². The van der Waals surface area contributed by atoms with E-state index >= 15 is 0 Å². The topological polar surface area (TPSA) is 95.8 Å². The summed E-state index contributed by atoms with van der Waals surface area (Å²) in [5.74, 6) is -1.53. The molecule has 13 heavy (non-hydrogen) atoms. The molecule has 1 aliphatic rings. The number of sulfone groups is 1. The van der Waals surface area contributed by atoms with Crippen LogP contribution in [0, 0.1) is 0 Å². The van der Waals surface area contributed by atoms with E-state index in [1.54, 1.807) is 7.05 Å². The second-order valence-corrected chi connectivity index (χ2v) is 4.12. The van der Waals surface area contributed by atoms with Gasteiger partial charge in [0.25, 0.3) is 0 Å². The maximum absolute atomic E-state index is 11.1. The van der Waals surface area contributed by atoms with Crippen molar-refractivity contribution in [2.45, 2.75) is 0 Å². The number of hydrogen-bond acceptors (Lipinski definition) is 5. The van der Waals surface area contributed by atoms with Gasteiger partial charge >= 0.3 is 5.97 Å². The summed E-state index contributed by atoms with van der Waals surface area (Å²) in [6.07, 6.45) is 0. The smallest absolute Gasteiger partial charge is 0.366 e. The SMILES string of the molecule is CNCC1=CS(=O)(=O)C(C(=O)O)=N1. The Bertz CT molecular complexity index is 393. The number of rotatable bonds is 3. The molecule has 0 radical (unpaired) electrons. The summed E-state index contributed by atoms with van der Waals surface area (Å²) >= 11 is 0. The van der Waals surface area contributed by atoms with E-state index in [0.29, 0.717) is 0 Å². The van der Waals surface area contributed by atoms with E-state index in [0.717, 1.165) is 5.41 Å². The highest BCUT2D eigenvalue weighted by molar-refractivity contribution is 8.11. The van der Waals surface area contributed by atoms with Gasteiger partial charge in [-0.05, 0) is 7.05 Å². The molecule has 1 aliphatic heterocycles. The number of carbonyl (C=O) groups is 1. The van der Waals surface area contributed by atoms with Crippen LogP contribution in [0.1, 0.15) is 0 Å². The summed E-state index contributed by atoms with van der Waals surface area (Å²) in [5.41, 5.74) is 0.208. The summed E-state index contributed by atoms with van der Waals surface area (Å²) in [6, 6.07) is 0. The van der Waals surface area contributed by atoms with Crippen LogP contribution in [0.5, 0.6) is 0 Å². The second kappa shape index (κ2) is 3.27. The molecule has 6 nitrogen and oxygen atoms in total. The van der Waals surface area contributed by atoms with Gasteiger partial charge in [0.15, 0.2) is 0 Å². The van der Waals surface area contributed by atoms with E-state index in [4.69, 9.17) is 5.11 Å². The van der Waals surface area contributed by atoms with Crippen molar-refractivity contribution in [2.75, 3.05) is 13.6 Å². The van der Waals surface area contributed by atoms with E-state index in [9.17, 15) is 13.2 Å². The van der Waals surface area contributed by atoms with E-state index in [1.807, 2.05) is 0 Å². The molecule has 0 bridgehead atoms. The lowest BCUT2D eigenvalue weighted by Gasteiger charge is -1.92. The van der Waals surface area contributed by atoms with Gasteiger partial charge in [0.05, 0.1) is 11.1 Å². The van der Waals surface area contributed by atoms with Crippen LogP contribution < -0.4 is 5.32 Å². The third-order valence-electron chi connectivity index (χ3n) is 1.35. The van der Waals surface area contributed by atoms with E-state index in [2.05, 4.69) is 10.3 Å². The molecule has 2 N–H and O–H groups in total. The van der Waals surface area contributed by atoms with E-state index < -0.39 is 20.9 Å². The number of carboxylic acid groups (broad SMARTS) is 1. The van der Waals surface area contributed by atoms with Crippen LogP contribution in [0.15, 0.2) is 16.1 Å². The Morgan fingerprint density at radius 1 is 1.69 bits per heavy atom. The maximum Gasteiger partial charge on any atom is 0.366 e. The molecule has 1 rings (SSSR count). The lowest BCUT2D eigenvalue weighted by atomic mass is 10.5. The standard InChI is InChI=1S/C6H8N2O4S/c1-7-2-4-3-13(11,12)5(8-4)6(9)10/h3,7H,2H2,1H3,(H,9,10). The zero-order valence-electron chi connectivity index (χ0n) is 6.81. The predicted octanol–water partition coefficient (Wildman–Crippen LogP) is -1.04. The largest absolute Gasteiger partial charge is 0.476 e. The summed E-state index contributed by atoms with van der Waals surface area (Å²) in [5, 5.41) is 11.2. The van der Waals surface area contributed by atoms with Crippen molar-refractivity contribution < 1.29 is 18.3 Å². The second-order valence-electron chi connectivity index (χ2n) is 2.41. The van der Waals surface area contributed by atoms with Gasteiger partial charge in [-0.25, -0.2) is 18.2 Å². The van der Waals surface area contributed by atoms with E-state index in [1.165, 1.54) is 0 Å². The number of likely N-dealkylation sites (N-methyl/N-ethyl adjacent to an activating group) is 1. The summed E-state index contributed by atoms with van der Waals surface area (Å²) in [7, 11) is -2.20. The average molecular weight is 204 g/mol. The summed E-state index contributed by atoms with van der Waals surface area (Å²) in [6.45, 7) is 0.232. The van der Waals surface area contributed by atoms with Crippen molar-refractivity contribution in [3.63, 3.8) is 0 Å². The Morgan fingerprint density at radius 3 is 2.69 bits per heavy atom. The highest BCUT2D eigenvalue weighted by Gasteiger charge is 2.30. The normalized spacial score (nSPS) is 19.5. The Balaban J connectivity index is 3.05. The quantitative estimate of drug-likeness (QED) is 0.612. The fraction of sp³-hybridized carbons (Fsp3) is 0.333. The first-order valence-electron chi connectivity index (χ1n) is 3.39. The van der Waals surface area contributed by atoms with Crippen LogP contribution in [-0.4, -0.2) is 38.1 Å². The minimum Gasteiger partial charge on any atom is -0.476 e. The summed E-state index contributed by atoms with van der Waals surface area (Å²) in [4.78, 5) is 13.9. The molecule has 0 aromatic carbocycles. The van der Waals surface area contributed by atoms with Crippen molar-refractivity contribution in [1.82, 2.24) is 5.32 Å². The van der Waals surface area contributed by atoms with Gasteiger partial charge in [-0.3, -0.25) is 0 Å². The Kier molecular flexibility index (Phi) is 2.48. The molecule has 7 heteroatoms. The zero-order valence-corrected chi connectivity index (χ0v) is 7.63. The molecule has 72 valence electrons. The molecule has 0 spiro atoms. The molecule has 0 saturated carbocycles. The Morgan fingerprint density at radius 2 is 2.31 bits per heavy atom. The molecule has 0 aromatic rings. The number of hydrogen-bond donors (Lipinski definition) is 2. The molecule has 0 saturated heterocycles. The van der Waals surface area contributed by atoms with Crippen molar-refractivity contribution in [3.05, 3.63) is 11.1 Å². The first-order valence-corrected chi connectivity index (χ1v) is 4.94. The minimum absolute atomic E-state index is 0.208. The van der Waals surface area contributed by atoms with Crippen molar-refractivity contribution in [3.8, 4) is 0 Å². The molecule has 0 aliphatic carbocycles. The first kappa shape index (κ1) is 9.87. The maximum atomic E-state index is 11.1. The predicted molar refractivity (Wildman–Crippen MR) is 46.0 cm³/mol. The average Bonchev–Trinajstić information content (AvgIpc) is 2.26. The monoisotopic (exact) mass is 204 g/mol. The number of aliphatic carboxylic acids is 1. The molecular formula is C6H8N2O4S. The van der Waals surface area contributed by atoms with Gasteiger partial charge in [-0.1, -0.05) is 0 Å². The van der Waals surface area contributed by atoms with E-state index in [-0.39, 0.29) is 12.2 Å². The van der Waals surface area contributed by atoms with Crippen LogP contribution >= 0.6 is 0 Å². The number of carboxylic acids is 1. The third kappa shape index (κ3) is 1.93. The van der Waals surface area contributed by atoms with Crippen LogP contribution in [-0.2, 0) is 14.6 Å². The van der Waals surface area contributed by atoms with Crippen LogP contribution in [0.2, 0.25) is 0 Å². The van der Waals surface area contributed by atoms with Gasteiger partial charge in [0, 0.05) is 6.54 Å². The first-order chi connectivity index (χ1) is 5.97. The highest BCUT2D eigenvalue weighted by Crippen LogP contribution is 2.13. The van der Waals surface area contributed by atoms with Gasteiger partial charge in [0.1, 0.15) is 0 Å². The Hall–Kier alpha value is -1.21. The third-order valence-corrected chi connectivity index (χ3v) is 2.73. The minimum atomic E-state index is -3.81. The summed E-state index contributed by atoms with van der Waals surface area (Å²) < 4.78 is 22.1.